The van der Waals surface area contributed by atoms with Crippen LogP contribution < -0.4 is 0 Å². The highest BCUT2D eigenvalue weighted by molar-refractivity contribution is 5.74. The van der Waals surface area contributed by atoms with Crippen LogP contribution in [0.5, 0.6) is 0 Å². The van der Waals surface area contributed by atoms with Gasteiger partial charge in [0.05, 0.1) is 12.0 Å². The number of carbonyl (C=O) groups excluding carboxylic acids is 1. The molecule has 2 aromatic rings. The fourth-order valence-electron chi connectivity index (χ4n) is 3.17. The van der Waals surface area contributed by atoms with Crippen LogP contribution in [-0.4, -0.2) is 40.1 Å². The summed E-state index contributed by atoms with van der Waals surface area (Å²) >= 11 is 0. The molecule has 0 N–H and O–H groups in total. The lowest BCUT2D eigenvalue weighted by atomic mass is 9.85. The van der Waals surface area contributed by atoms with Gasteiger partial charge >= 0.3 is 0 Å². The van der Waals surface area contributed by atoms with Gasteiger partial charge < -0.3 is 14.2 Å². The summed E-state index contributed by atoms with van der Waals surface area (Å²) in [5.41, 5.74) is 2.45. The Hall–Kier alpha value is -2.21. The Morgan fingerprint density at radius 1 is 1.36 bits per heavy atom. The van der Waals surface area contributed by atoms with E-state index in [2.05, 4.69) is 43.0 Å². The number of rotatable bonds is 6. The van der Waals surface area contributed by atoms with Gasteiger partial charge in [-0.25, -0.2) is 0 Å². The average Bonchev–Trinajstić information content (AvgIpc) is 2.95. The highest BCUT2D eigenvalue weighted by Crippen LogP contribution is 2.32. The molecule has 6 heteroatoms. The number of carbonyl (C=O) groups is 1. The van der Waals surface area contributed by atoms with Gasteiger partial charge in [-0.3, -0.25) is 4.79 Å². The van der Waals surface area contributed by atoms with Crippen LogP contribution in [0.3, 0.4) is 0 Å². The van der Waals surface area contributed by atoms with E-state index < -0.39 is 0 Å². The molecule has 1 unspecified atom stereocenters. The lowest BCUT2D eigenvalue weighted by Crippen LogP contribution is -2.53. The first-order valence-electron chi connectivity index (χ1n) is 8.70. The quantitative estimate of drug-likeness (QED) is 0.807. The second-order valence-electron chi connectivity index (χ2n) is 6.98. The number of aryl methyl sites for hydroxylation is 1. The van der Waals surface area contributed by atoms with Gasteiger partial charge in [0.15, 0.2) is 5.82 Å². The summed E-state index contributed by atoms with van der Waals surface area (Å²) in [5.74, 6) is 1.70. The van der Waals surface area contributed by atoms with Crippen LogP contribution >= 0.6 is 0 Å². The molecule has 25 heavy (non-hydrogen) atoms. The van der Waals surface area contributed by atoms with Crippen molar-refractivity contribution in [2.75, 3.05) is 13.1 Å². The fourth-order valence-corrected chi connectivity index (χ4v) is 3.17. The molecule has 1 aromatic heterocycles. The van der Waals surface area contributed by atoms with Crippen LogP contribution in [0.4, 0.5) is 0 Å². The largest absolute Gasteiger partial charge is 0.365 e. The zero-order valence-electron chi connectivity index (χ0n) is 15.2. The van der Waals surface area contributed by atoms with Crippen molar-refractivity contribution in [2.24, 2.45) is 5.92 Å². The summed E-state index contributed by atoms with van der Waals surface area (Å²) in [5, 5.41) is 4.19. The van der Waals surface area contributed by atoms with E-state index in [1.54, 1.807) is 11.8 Å². The predicted octanol–water partition coefficient (Wildman–Crippen LogP) is 2.91. The van der Waals surface area contributed by atoms with Crippen molar-refractivity contribution in [3.05, 3.63) is 47.1 Å². The van der Waals surface area contributed by atoms with Crippen LogP contribution in [0.25, 0.3) is 0 Å². The molecule has 0 bridgehead atoms. The zero-order chi connectivity index (χ0) is 18.0. The number of ether oxygens (including phenoxy) is 1. The Morgan fingerprint density at radius 3 is 2.72 bits per heavy atom. The molecule has 1 aromatic carbocycles. The number of hydrogen-bond donors (Lipinski definition) is 0. The lowest BCUT2D eigenvalue weighted by molar-refractivity contribution is -0.144. The third kappa shape index (κ3) is 3.90. The Kier molecular flexibility index (Phi) is 5.18. The maximum absolute atomic E-state index is 11.2. The number of amides is 1. The first-order chi connectivity index (χ1) is 12.0. The van der Waals surface area contributed by atoms with Gasteiger partial charge in [-0.15, -0.1) is 0 Å². The number of aromatic nitrogens is 2. The lowest BCUT2D eigenvalue weighted by Gasteiger charge is -2.37. The summed E-state index contributed by atoms with van der Waals surface area (Å²) < 4.78 is 11.1. The van der Waals surface area contributed by atoms with Crippen LogP contribution in [0.15, 0.2) is 28.8 Å². The zero-order valence-corrected chi connectivity index (χ0v) is 15.2. The maximum Gasteiger partial charge on any atom is 0.252 e. The van der Waals surface area contributed by atoms with Crippen molar-refractivity contribution in [3.63, 3.8) is 0 Å². The molecule has 0 spiro atoms. The van der Waals surface area contributed by atoms with Gasteiger partial charge in [0.2, 0.25) is 5.91 Å². The summed E-state index contributed by atoms with van der Waals surface area (Å²) in [6, 6.07) is 8.30. The minimum Gasteiger partial charge on any atom is -0.365 e. The van der Waals surface area contributed by atoms with Crippen molar-refractivity contribution < 1.29 is 14.1 Å². The second kappa shape index (κ2) is 7.35. The first kappa shape index (κ1) is 17.6. The van der Waals surface area contributed by atoms with Crippen LogP contribution in [0.2, 0.25) is 0 Å². The summed E-state index contributed by atoms with van der Waals surface area (Å²) in [6.45, 7) is 9.54. The molecule has 0 radical (unpaired) electrons. The highest BCUT2D eigenvalue weighted by Gasteiger charge is 2.30. The topological polar surface area (TPSA) is 68.5 Å². The first-order valence-corrected chi connectivity index (χ1v) is 8.70. The van der Waals surface area contributed by atoms with Gasteiger partial charge in [0.1, 0.15) is 6.61 Å². The molecule has 0 aliphatic carbocycles. The summed E-state index contributed by atoms with van der Waals surface area (Å²) in [6.07, 6.45) is 0.0523. The van der Waals surface area contributed by atoms with E-state index in [-0.39, 0.29) is 24.5 Å². The Balaban J connectivity index is 1.65. The van der Waals surface area contributed by atoms with Crippen molar-refractivity contribution >= 4 is 5.91 Å². The fraction of sp³-hybridized carbons (Fsp3) is 0.526. The molecule has 0 saturated carbocycles. The summed E-state index contributed by atoms with van der Waals surface area (Å²) in [7, 11) is 0. The van der Waals surface area contributed by atoms with Gasteiger partial charge in [-0.1, -0.05) is 43.3 Å². The molecule has 1 saturated heterocycles. The van der Waals surface area contributed by atoms with E-state index in [0.717, 1.165) is 0 Å². The SMILES string of the molecule is CC(=O)N1CC(OCc2nc(C(c3ccccc3C)C(C)C)no2)C1. The van der Waals surface area contributed by atoms with E-state index in [1.165, 1.54) is 11.1 Å². The molecule has 1 aliphatic heterocycles. The molecule has 3 rings (SSSR count). The maximum atomic E-state index is 11.2. The number of hydrogen-bond acceptors (Lipinski definition) is 5. The molecule has 1 aliphatic rings. The number of benzene rings is 1. The molecule has 6 nitrogen and oxygen atoms in total. The molecular weight excluding hydrogens is 318 g/mol. The van der Waals surface area contributed by atoms with Crippen molar-refractivity contribution in [1.29, 1.82) is 0 Å². The standard InChI is InChI=1S/C19H25N3O3/c1-12(2)18(16-8-6-5-7-13(16)3)19-20-17(25-21-19)11-24-15-9-22(10-15)14(4)23/h5-8,12,15,18H,9-11H2,1-4H3. The Bertz CT molecular complexity index is 735. The van der Waals surface area contributed by atoms with Gasteiger partial charge in [0.25, 0.3) is 5.89 Å². The van der Waals surface area contributed by atoms with Gasteiger partial charge in [-0.2, -0.15) is 4.98 Å². The van der Waals surface area contributed by atoms with E-state index >= 15 is 0 Å². The van der Waals surface area contributed by atoms with Crippen molar-refractivity contribution in [1.82, 2.24) is 15.0 Å². The normalized spacial score (nSPS) is 16.1. The monoisotopic (exact) mass is 343 g/mol. The van der Waals surface area contributed by atoms with Gasteiger partial charge in [-0.05, 0) is 24.0 Å². The Morgan fingerprint density at radius 2 is 2.08 bits per heavy atom. The molecule has 1 atom stereocenters. The highest BCUT2D eigenvalue weighted by atomic mass is 16.5. The number of likely N-dealkylation sites (tertiary alicyclic amines) is 1. The number of nitrogens with zero attached hydrogens (tertiary/aromatic N) is 3. The average molecular weight is 343 g/mol. The summed E-state index contributed by atoms with van der Waals surface area (Å²) in [4.78, 5) is 17.5. The molecule has 134 valence electrons. The van der Waals surface area contributed by atoms with E-state index in [0.29, 0.717) is 30.7 Å². The van der Waals surface area contributed by atoms with Crippen LogP contribution in [0, 0.1) is 12.8 Å². The van der Waals surface area contributed by atoms with E-state index in [9.17, 15) is 4.79 Å². The third-order valence-electron chi connectivity index (χ3n) is 4.69. The van der Waals surface area contributed by atoms with Crippen molar-refractivity contribution in [2.45, 2.75) is 46.3 Å². The molecule has 1 amide bonds. The minimum absolute atomic E-state index is 0.0523. The second-order valence-corrected chi connectivity index (χ2v) is 6.98. The smallest absolute Gasteiger partial charge is 0.252 e. The third-order valence-corrected chi connectivity index (χ3v) is 4.69. The predicted molar refractivity (Wildman–Crippen MR) is 93.0 cm³/mol. The molecular formula is C19H25N3O3. The molecule has 1 fully saturated rings. The van der Waals surface area contributed by atoms with E-state index in [1.807, 2.05) is 12.1 Å². The van der Waals surface area contributed by atoms with E-state index in [4.69, 9.17) is 9.26 Å². The van der Waals surface area contributed by atoms with Crippen LogP contribution in [0.1, 0.15) is 49.5 Å². The van der Waals surface area contributed by atoms with Gasteiger partial charge in [0, 0.05) is 20.0 Å². The van der Waals surface area contributed by atoms with Crippen molar-refractivity contribution in [3.8, 4) is 0 Å². The Labute approximate surface area is 148 Å². The molecule has 2 heterocycles. The van der Waals surface area contributed by atoms with Crippen LogP contribution in [-0.2, 0) is 16.1 Å². The minimum atomic E-state index is 0.0523.